The average Bonchev–Trinajstić information content (AvgIpc) is 2.37. The Hall–Kier alpha value is -1.39. The predicted molar refractivity (Wildman–Crippen MR) is 73.8 cm³/mol. The van der Waals surface area contributed by atoms with E-state index < -0.39 is 0 Å². The van der Waals surface area contributed by atoms with Crippen LogP contribution in [0.15, 0.2) is 6.20 Å². The maximum absolute atomic E-state index is 4.54. The predicted octanol–water partition coefficient (Wildman–Crippen LogP) is 2.18. The van der Waals surface area contributed by atoms with Crippen molar-refractivity contribution in [3.63, 3.8) is 0 Å². The summed E-state index contributed by atoms with van der Waals surface area (Å²) in [5.41, 5.74) is 0. The summed E-state index contributed by atoms with van der Waals surface area (Å²) in [7, 11) is 0. The van der Waals surface area contributed by atoms with Gasteiger partial charge in [0, 0.05) is 19.6 Å². The summed E-state index contributed by atoms with van der Waals surface area (Å²) >= 11 is 0. The molecule has 2 heterocycles. The Morgan fingerprint density at radius 3 is 3.06 bits per heavy atom. The van der Waals surface area contributed by atoms with E-state index >= 15 is 0 Å². The molecule has 0 radical (unpaired) electrons. The first kappa shape index (κ1) is 13.1. The van der Waals surface area contributed by atoms with Crippen LogP contribution in [0, 0.1) is 11.8 Å². The molecule has 0 amide bonds. The number of piperidine rings is 1. The molecule has 5 heteroatoms. The lowest BCUT2D eigenvalue weighted by molar-refractivity contribution is 0.444. The van der Waals surface area contributed by atoms with E-state index in [-0.39, 0.29) is 0 Å². The van der Waals surface area contributed by atoms with Gasteiger partial charge in [-0.1, -0.05) is 20.8 Å². The van der Waals surface area contributed by atoms with Crippen LogP contribution < -0.4 is 10.2 Å². The van der Waals surface area contributed by atoms with Crippen molar-refractivity contribution in [2.45, 2.75) is 33.6 Å². The first-order valence-electron chi connectivity index (χ1n) is 6.83. The van der Waals surface area contributed by atoms with E-state index in [1.807, 2.05) is 0 Å². The third-order valence-electron chi connectivity index (χ3n) is 3.20. The number of rotatable bonds is 4. The molecule has 0 aromatic carbocycles. The summed E-state index contributed by atoms with van der Waals surface area (Å²) in [4.78, 5) is 6.85. The fourth-order valence-corrected chi connectivity index (χ4v) is 2.22. The number of nitrogens with zero attached hydrogens (tertiary/aromatic N) is 4. The summed E-state index contributed by atoms with van der Waals surface area (Å²) in [5, 5.41) is 11.3. The molecule has 18 heavy (non-hydrogen) atoms. The number of anilines is 2. The molecular formula is C13H23N5. The zero-order valence-corrected chi connectivity index (χ0v) is 11.6. The molecule has 0 spiro atoms. The summed E-state index contributed by atoms with van der Waals surface area (Å²) in [6.07, 6.45) is 4.31. The van der Waals surface area contributed by atoms with Crippen LogP contribution in [0.2, 0.25) is 0 Å². The largest absolute Gasteiger partial charge is 0.355 e. The van der Waals surface area contributed by atoms with Crippen molar-refractivity contribution in [1.82, 2.24) is 15.2 Å². The highest BCUT2D eigenvalue weighted by Gasteiger charge is 2.18. The highest BCUT2D eigenvalue weighted by atomic mass is 15.3. The third kappa shape index (κ3) is 3.55. The number of hydrogen-bond donors (Lipinski definition) is 1. The lowest BCUT2D eigenvalue weighted by Gasteiger charge is -2.31. The molecule has 2 rings (SSSR count). The Balaban J connectivity index is 2.02. The van der Waals surface area contributed by atoms with Crippen LogP contribution in [0.3, 0.4) is 0 Å². The summed E-state index contributed by atoms with van der Waals surface area (Å²) in [6, 6.07) is 0. The van der Waals surface area contributed by atoms with Gasteiger partial charge in [0.05, 0.1) is 6.20 Å². The van der Waals surface area contributed by atoms with E-state index in [1.54, 1.807) is 6.20 Å². The minimum Gasteiger partial charge on any atom is -0.355 e. The third-order valence-corrected chi connectivity index (χ3v) is 3.20. The van der Waals surface area contributed by atoms with Crippen LogP contribution in [0.25, 0.3) is 0 Å². The van der Waals surface area contributed by atoms with E-state index in [0.717, 1.165) is 31.4 Å². The SMILES string of the molecule is CC(C)CNc1nncc(N2CCCC(C)C2)n1. The zero-order chi connectivity index (χ0) is 13.0. The second-order valence-electron chi connectivity index (χ2n) is 5.61. The van der Waals surface area contributed by atoms with Crippen LogP contribution in [0.4, 0.5) is 11.8 Å². The first-order valence-corrected chi connectivity index (χ1v) is 6.83. The minimum atomic E-state index is 0.576. The second-order valence-corrected chi connectivity index (χ2v) is 5.61. The summed E-state index contributed by atoms with van der Waals surface area (Å²) < 4.78 is 0. The molecule has 1 unspecified atom stereocenters. The molecule has 1 aromatic heterocycles. The average molecular weight is 249 g/mol. The topological polar surface area (TPSA) is 53.9 Å². The Morgan fingerprint density at radius 1 is 1.50 bits per heavy atom. The van der Waals surface area contributed by atoms with E-state index in [9.17, 15) is 0 Å². The number of nitrogens with one attached hydrogen (secondary N) is 1. The fraction of sp³-hybridized carbons (Fsp3) is 0.769. The maximum atomic E-state index is 4.54. The molecule has 5 nitrogen and oxygen atoms in total. The van der Waals surface area contributed by atoms with Crippen LogP contribution >= 0.6 is 0 Å². The molecule has 1 aliphatic rings. The lowest BCUT2D eigenvalue weighted by atomic mass is 10.0. The molecule has 0 saturated carbocycles. The van der Waals surface area contributed by atoms with Gasteiger partial charge in [0.2, 0.25) is 5.95 Å². The Kier molecular flexibility index (Phi) is 4.33. The first-order chi connectivity index (χ1) is 8.65. The van der Waals surface area contributed by atoms with E-state index in [4.69, 9.17) is 0 Å². The zero-order valence-electron chi connectivity index (χ0n) is 11.6. The normalized spacial score (nSPS) is 20.2. The van der Waals surface area contributed by atoms with Gasteiger partial charge in [0.1, 0.15) is 0 Å². The molecule has 0 aliphatic carbocycles. The van der Waals surface area contributed by atoms with Gasteiger partial charge in [-0.25, -0.2) is 0 Å². The molecular weight excluding hydrogens is 226 g/mol. The van der Waals surface area contributed by atoms with Gasteiger partial charge in [-0.05, 0) is 24.7 Å². The molecule has 1 aliphatic heterocycles. The molecule has 1 N–H and O–H groups in total. The quantitative estimate of drug-likeness (QED) is 0.886. The molecule has 100 valence electrons. The maximum Gasteiger partial charge on any atom is 0.244 e. The number of aromatic nitrogens is 3. The smallest absolute Gasteiger partial charge is 0.244 e. The van der Waals surface area contributed by atoms with E-state index in [1.165, 1.54) is 12.8 Å². The van der Waals surface area contributed by atoms with Gasteiger partial charge < -0.3 is 10.2 Å². The van der Waals surface area contributed by atoms with E-state index in [0.29, 0.717) is 11.9 Å². The van der Waals surface area contributed by atoms with Gasteiger partial charge in [0.25, 0.3) is 0 Å². The Bertz CT molecular complexity index is 379. The summed E-state index contributed by atoms with van der Waals surface area (Å²) in [5.74, 6) is 2.90. The fourth-order valence-electron chi connectivity index (χ4n) is 2.22. The van der Waals surface area contributed by atoms with Gasteiger partial charge in [0.15, 0.2) is 5.82 Å². The van der Waals surface area contributed by atoms with Gasteiger partial charge in [-0.2, -0.15) is 10.1 Å². The van der Waals surface area contributed by atoms with Gasteiger partial charge in [-0.15, -0.1) is 5.10 Å². The minimum absolute atomic E-state index is 0.576. The van der Waals surface area contributed by atoms with Crippen molar-refractivity contribution in [3.05, 3.63) is 6.20 Å². The lowest BCUT2D eigenvalue weighted by Crippen LogP contribution is -2.35. The molecule has 1 atom stereocenters. The van der Waals surface area contributed by atoms with Crippen molar-refractivity contribution >= 4 is 11.8 Å². The Labute approximate surface area is 109 Å². The van der Waals surface area contributed by atoms with Gasteiger partial charge in [-0.3, -0.25) is 0 Å². The van der Waals surface area contributed by atoms with Gasteiger partial charge >= 0.3 is 0 Å². The van der Waals surface area contributed by atoms with Crippen LogP contribution in [-0.2, 0) is 0 Å². The standard InChI is InChI=1S/C13H23N5/c1-10(2)7-14-13-16-12(8-15-17-13)18-6-4-5-11(3)9-18/h8,10-11H,4-7,9H2,1-3H3,(H,14,16,17). The Morgan fingerprint density at radius 2 is 2.33 bits per heavy atom. The van der Waals surface area contributed by atoms with Crippen molar-refractivity contribution in [1.29, 1.82) is 0 Å². The van der Waals surface area contributed by atoms with Crippen molar-refractivity contribution in [3.8, 4) is 0 Å². The van der Waals surface area contributed by atoms with Crippen molar-refractivity contribution in [2.75, 3.05) is 29.9 Å². The summed E-state index contributed by atoms with van der Waals surface area (Å²) in [6.45, 7) is 9.64. The second kappa shape index (κ2) is 5.98. The molecule has 1 saturated heterocycles. The van der Waals surface area contributed by atoms with Crippen molar-refractivity contribution < 1.29 is 0 Å². The monoisotopic (exact) mass is 249 g/mol. The van der Waals surface area contributed by atoms with Crippen LogP contribution in [-0.4, -0.2) is 34.8 Å². The molecule has 1 fully saturated rings. The highest BCUT2D eigenvalue weighted by molar-refractivity contribution is 5.40. The molecule has 1 aromatic rings. The number of hydrogen-bond acceptors (Lipinski definition) is 5. The van der Waals surface area contributed by atoms with Crippen LogP contribution in [0.5, 0.6) is 0 Å². The van der Waals surface area contributed by atoms with E-state index in [2.05, 4.69) is 46.2 Å². The van der Waals surface area contributed by atoms with Crippen molar-refractivity contribution in [2.24, 2.45) is 11.8 Å². The van der Waals surface area contributed by atoms with Crippen LogP contribution in [0.1, 0.15) is 33.6 Å². The highest BCUT2D eigenvalue weighted by Crippen LogP contribution is 2.20. The molecule has 0 bridgehead atoms.